The quantitative estimate of drug-likeness (QED) is 0.786. The molecule has 0 radical (unpaired) electrons. The highest BCUT2D eigenvalue weighted by Crippen LogP contribution is 2.01. The first-order chi connectivity index (χ1) is 9.52. The largest absolute Gasteiger partial charge is 0.445 e. The lowest BCUT2D eigenvalue weighted by molar-refractivity contribution is -0.130. The van der Waals surface area contributed by atoms with Gasteiger partial charge in [-0.3, -0.25) is 4.79 Å². The first-order valence-electron chi connectivity index (χ1n) is 6.15. The molecule has 108 valence electrons. The molecule has 1 aromatic rings. The fourth-order valence-corrected chi connectivity index (χ4v) is 1.42. The molecule has 0 bridgehead atoms. The van der Waals surface area contributed by atoms with E-state index in [-0.39, 0.29) is 18.9 Å². The SMILES string of the molecule is CN(C)C(=O)CC(C=O)NC(=O)OCc1ccccc1. The fraction of sp³-hybridized carbons (Fsp3) is 0.357. The van der Waals surface area contributed by atoms with Gasteiger partial charge in [-0.25, -0.2) is 4.79 Å². The van der Waals surface area contributed by atoms with Crippen LogP contribution in [0.3, 0.4) is 0 Å². The average Bonchev–Trinajstić information content (AvgIpc) is 2.45. The molecule has 2 amide bonds. The molecular formula is C14H18N2O4. The highest BCUT2D eigenvalue weighted by Gasteiger charge is 2.17. The van der Waals surface area contributed by atoms with Crippen LogP contribution in [0, 0.1) is 0 Å². The lowest BCUT2D eigenvalue weighted by Crippen LogP contribution is -2.40. The first-order valence-corrected chi connectivity index (χ1v) is 6.15. The van der Waals surface area contributed by atoms with Crippen LogP contribution in [-0.2, 0) is 20.9 Å². The zero-order valence-corrected chi connectivity index (χ0v) is 11.5. The number of hydrogen-bond donors (Lipinski definition) is 1. The van der Waals surface area contributed by atoms with Crippen molar-refractivity contribution in [2.24, 2.45) is 0 Å². The van der Waals surface area contributed by atoms with Crippen molar-refractivity contribution in [1.29, 1.82) is 0 Å². The maximum atomic E-state index is 11.5. The van der Waals surface area contributed by atoms with Crippen LogP contribution in [0.4, 0.5) is 4.79 Å². The van der Waals surface area contributed by atoms with Crippen LogP contribution in [0.2, 0.25) is 0 Å². The van der Waals surface area contributed by atoms with Crippen LogP contribution in [-0.4, -0.2) is 43.3 Å². The molecule has 0 fully saturated rings. The Bertz CT molecular complexity index is 460. The first kappa shape index (κ1) is 15.7. The molecule has 0 saturated carbocycles. The molecule has 20 heavy (non-hydrogen) atoms. The number of nitrogens with one attached hydrogen (secondary N) is 1. The number of amides is 2. The summed E-state index contributed by atoms with van der Waals surface area (Å²) < 4.78 is 4.97. The minimum Gasteiger partial charge on any atom is -0.445 e. The minimum atomic E-state index is -0.881. The Morgan fingerprint density at radius 3 is 2.50 bits per heavy atom. The van der Waals surface area contributed by atoms with Crippen LogP contribution < -0.4 is 5.32 Å². The van der Waals surface area contributed by atoms with Gasteiger partial charge >= 0.3 is 6.09 Å². The lowest BCUT2D eigenvalue weighted by atomic mass is 10.2. The monoisotopic (exact) mass is 278 g/mol. The van der Waals surface area contributed by atoms with E-state index in [0.29, 0.717) is 6.29 Å². The topological polar surface area (TPSA) is 75.7 Å². The van der Waals surface area contributed by atoms with Crippen molar-refractivity contribution in [3.8, 4) is 0 Å². The lowest BCUT2D eigenvalue weighted by Gasteiger charge is -2.15. The molecular weight excluding hydrogens is 260 g/mol. The number of carbonyl (C=O) groups excluding carboxylic acids is 3. The van der Waals surface area contributed by atoms with Crippen molar-refractivity contribution < 1.29 is 19.1 Å². The summed E-state index contributed by atoms with van der Waals surface area (Å²) in [5.41, 5.74) is 0.842. The molecule has 1 atom stereocenters. The Morgan fingerprint density at radius 1 is 1.30 bits per heavy atom. The van der Waals surface area contributed by atoms with Gasteiger partial charge in [-0.15, -0.1) is 0 Å². The number of hydrogen-bond acceptors (Lipinski definition) is 4. The molecule has 1 rings (SSSR count). The van der Waals surface area contributed by atoms with Gasteiger partial charge in [0, 0.05) is 14.1 Å². The predicted octanol–water partition coefficient (Wildman–Crippen LogP) is 0.959. The molecule has 6 heteroatoms. The number of alkyl carbamates (subject to hydrolysis) is 1. The van der Waals surface area contributed by atoms with E-state index in [4.69, 9.17) is 4.74 Å². The van der Waals surface area contributed by atoms with Crippen molar-refractivity contribution in [3.05, 3.63) is 35.9 Å². The summed E-state index contributed by atoms with van der Waals surface area (Å²) in [6.45, 7) is 0.111. The van der Waals surface area contributed by atoms with Gasteiger partial charge in [0.25, 0.3) is 0 Å². The molecule has 0 spiro atoms. The van der Waals surface area contributed by atoms with Crippen molar-refractivity contribution in [2.45, 2.75) is 19.1 Å². The smallest absolute Gasteiger partial charge is 0.408 e. The highest BCUT2D eigenvalue weighted by atomic mass is 16.5. The van der Waals surface area contributed by atoms with Crippen molar-refractivity contribution >= 4 is 18.3 Å². The molecule has 1 unspecified atom stereocenters. The normalized spacial score (nSPS) is 11.3. The van der Waals surface area contributed by atoms with E-state index in [1.807, 2.05) is 30.3 Å². The molecule has 0 aliphatic carbocycles. The van der Waals surface area contributed by atoms with E-state index >= 15 is 0 Å². The van der Waals surface area contributed by atoms with Gasteiger partial charge in [0.1, 0.15) is 12.9 Å². The predicted molar refractivity (Wildman–Crippen MR) is 72.9 cm³/mol. The van der Waals surface area contributed by atoms with E-state index in [9.17, 15) is 14.4 Å². The van der Waals surface area contributed by atoms with E-state index in [1.54, 1.807) is 14.1 Å². The Labute approximate surface area is 117 Å². The number of ether oxygens (including phenoxy) is 1. The molecule has 0 aromatic heterocycles. The molecule has 6 nitrogen and oxygen atoms in total. The number of rotatable bonds is 6. The number of benzene rings is 1. The van der Waals surface area contributed by atoms with Gasteiger partial charge < -0.3 is 19.7 Å². The summed E-state index contributed by atoms with van der Waals surface area (Å²) >= 11 is 0. The van der Waals surface area contributed by atoms with Crippen molar-refractivity contribution in [1.82, 2.24) is 10.2 Å². The Hall–Kier alpha value is -2.37. The van der Waals surface area contributed by atoms with Gasteiger partial charge in [0.15, 0.2) is 0 Å². The third-order valence-corrected chi connectivity index (χ3v) is 2.57. The number of aldehydes is 1. The molecule has 1 aromatic carbocycles. The van der Waals surface area contributed by atoms with Crippen LogP contribution in [0.1, 0.15) is 12.0 Å². The molecule has 0 aliphatic rings. The Kier molecular flexibility index (Phi) is 6.22. The van der Waals surface area contributed by atoms with Gasteiger partial charge in [0.2, 0.25) is 5.91 Å². The summed E-state index contributed by atoms with van der Waals surface area (Å²) in [4.78, 5) is 35.2. The number of carbonyl (C=O) groups is 3. The Balaban J connectivity index is 2.39. The molecule has 0 saturated heterocycles. The summed E-state index contributed by atoms with van der Waals surface area (Å²) in [7, 11) is 3.16. The second kappa shape index (κ2) is 7.93. The zero-order valence-electron chi connectivity index (χ0n) is 11.5. The second-order valence-corrected chi connectivity index (χ2v) is 4.44. The van der Waals surface area contributed by atoms with Gasteiger partial charge in [-0.05, 0) is 5.56 Å². The standard InChI is InChI=1S/C14H18N2O4/c1-16(2)13(18)8-12(9-17)15-14(19)20-10-11-6-4-3-5-7-11/h3-7,9,12H,8,10H2,1-2H3,(H,15,19). The third kappa shape index (κ3) is 5.51. The van der Waals surface area contributed by atoms with Gasteiger partial charge in [-0.1, -0.05) is 30.3 Å². The van der Waals surface area contributed by atoms with E-state index in [1.165, 1.54) is 4.90 Å². The fourth-order valence-electron chi connectivity index (χ4n) is 1.42. The summed E-state index contributed by atoms with van der Waals surface area (Å²) in [5, 5.41) is 2.35. The average molecular weight is 278 g/mol. The number of nitrogens with zero attached hydrogens (tertiary/aromatic N) is 1. The van der Waals surface area contributed by atoms with Crippen molar-refractivity contribution in [2.75, 3.05) is 14.1 Å². The summed E-state index contributed by atoms with van der Waals surface area (Å²) in [6.07, 6.45) is -0.292. The summed E-state index contributed by atoms with van der Waals surface area (Å²) in [5.74, 6) is -0.245. The van der Waals surface area contributed by atoms with Crippen LogP contribution in [0.25, 0.3) is 0 Å². The molecule has 0 heterocycles. The van der Waals surface area contributed by atoms with Gasteiger partial charge in [0.05, 0.1) is 12.5 Å². The van der Waals surface area contributed by atoms with Crippen molar-refractivity contribution in [3.63, 3.8) is 0 Å². The van der Waals surface area contributed by atoms with Gasteiger partial charge in [-0.2, -0.15) is 0 Å². The molecule has 0 aliphatic heterocycles. The summed E-state index contributed by atoms with van der Waals surface area (Å²) in [6, 6.07) is 8.29. The van der Waals surface area contributed by atoms with Crippen LogP contribution >= 0.6 is 0 Å². The maximum absolute atomic E-state index is 11.5. The van der Waals surface area contributed by atoms with E-state index in [2.05, 4.69) is 5.32 Å². The van der Waals surface area contributed by atoms with Crippen LogP contribution in [0.5, 0.6) is 0 Å². The highest BCUT2D eigenvalue weighted by molar-refractivity contribution is 5.82. The Morgan fingerprint density at radius 2 is 1.95 bits per heavy atom. The van der Waals surface area contributed by atoms with Crippen LogP contribution in [0.15, 0.2) is 30.3 Å². The third-order valence-electron chi connectivity index (χ3n) is 2.57. The van der Waals surface area contributed by atoms with E-state index < -0.39 is 12.1 Å². The van der Waals surface area contributed by atoms with E-state index in [0.717, 1.165) is 5.56 Å². The minimum absolute atomic E-state index is 0.0864. The molecule has 1 N–H and O–H groups in total. The zero-order chi connectivity index (χ0) is 15.0. The second-order valence-electron chi connectivity index (χ2n) is 4.44. The maximum Gasteiger partial charge on any atom is 0.408 e.